The molecule has 0 heterocycles. The van der Waals surface area contributed by atoms with Gasteiger partial charge in [-0.3, -0.25) is 0 Å². The average molecular weight is 219 g/mol. The van der Waals surface area contributed by atoms with E-state index in [1.54, 1.807) is 12.1 Å². The van der Waals surface area contributed by atoms with Gasteiger partial charge in [-0.2, -0.15) is 0 Å². The molecule has 0 radical (unpaired) electrons. The van der Waals surface area contributed by atoms with Crippen LogP contribution in [0.3, 0.4) is 0 Å². The molecule has 0 spiro atoms. The van der Waals surface area contributed by atoms with Crippen molar-refractivity contribution in [2.45, 2.75) is 19.7 Å². The van der Waals surface area contributed by atoms with Crippen LogP contribution in [0.2, 0.25) is 0 Å². The van der Waals surface area contributed by atoms with Crippen LogP contribution >= 0.6 is 0 Å². The van der Waals surface area contributed by atoms with Crippen molar-refractivity contribution in [2.24, 2.45) is 0 Å². The van der Waals surface area contributed by atoms with Crippen LogP contribution < -0.4 is 10.1 Å². The van der Waals surface area contributed by atoms with Gasteiger partial charge in [0, 0.05) is 6.54 Å². The van der Waals surface area contributed by atoms with Crippen LogP contribution in [0.1, 0.15) is 13.3 Å². The van der Waals surface area contributed by atoms with E-state index < -0.39 is 6.36 Å². The Kier molecular flexibility index (Phi) is 3.82. The summed E-state index contributed by atoms with van der Waals surface area (Å²) in [7, 11) is 0. The topological polar surface area (TPSA) is 21.3 Å². The zero-order valence-corrected chi connectivity index (χ0v) is 8.27. The second kappa shape index (κ2) is 4.91. The highest BCUT2D eigenvalue weighted by molar-refractivity contribution is 5.56. The van der Waals surface area contributed by atoms with Crippen LogP contribution in [0, 0.1) is 0 Å². The highest BCUT2D eigenvalue weighted by atomic mass is 19.4. The average Bonchev–Trinajstić information content (AvgIpc) is 2.14. The minimum Gasteiger partial charge on any atom is -0.404 e. The van der Waals surface area contributed by atoms with Crippen LogP contribution in [0.25, 0.3) is 0 Å². The van der Waals surface area contributed by atoms with E-state index in [1.807, 2.05) is 6.92 Å². The minimum atomic E-state index is -4.65. The van der Waals surface area contributed by atoms with Crippen LogP contribution in [0.5, 0.6) is 5.75 Å². The van der Waals surface area contributed by atoms with Gasteiger partial charge in [-0.15, -0.1) is 13.2 Å². The lowest BCUT2D eigenvalue weighted by Gasteiger charge is -2.13. The SMILES string of the molecule is CCCNc1ccccc1OC(F)(F)F. The van der Waals surface area contributed by atoms with Crippen LogP contribution in [-0.4, -0.2) is 12.9 Å². The molecule has 0 fully saturated rings. The Morgan fingerprint density at radius 3 is 2.53 bits per heavy atom. The summed E-state index contributed by atoms with van der Waals surface area (Å²) in [4.78, 5) is 0. The molecule has 5 heteroatoms. The lowest BCUT2D eigenvalue weighted by Crippen LogP contribution is -2.18. The van der Waals surface area contributed by atoms with Gasteiger partial charge in [0.2, 0.25) is 0 Å². The summed E-state index contributed by atoms with van der Waals surface area (Å²) in [6, 6.07) is 5.99. The smallest absolute Gasteiger partial charge is 0.404 e. The molecule has 0 saturated heterocycles. The van der Waals surface area contributed by atoms with Crippen molar-refractivity contribution in [3.63, 3.8) is 0 Å². The van der Waals surface area contributed by atoms with Crippen molar-refractivity contribution >= 4 is 5.69 Å². The number of alkyl halides is 3. The Labute approximate surface area is 86.1 Å². The van der Waals surface area contributed by atoms with E-state index in [1.165, 1.54) is 12.1 Å². The van der Waals surface area contributed by atoms with Gasteiger partial charge in [0.1, 0.15) is 0 Å². The summed E-state index contributed by atoms with van der Waals surface area (Å²) >= 11 is 0. The second-order valence-electron chi connectivity index (χ2n) is 2.97. The van der Waals surface area contributed by atoms with Gasteiger partial charge < -0.3 is 10.1 Å². The number of halogens is 3. The second-order valence-corrected chi connectivity index (χ2v) is 2.97. The Morgan fingerprint density at radius 2 is 1.93 bits per heavy atom. The van der Waals surface area contributed by atoms with E-state index in [9.17, 15) is 13.2 Å². The van der Waals surface area contributed by atoms with E-state index in [4.69, 9.17) is 0 Å². The fourth-order valence-electron chi connectivity index (χ4n) is 1.09. The molecule has 0 aliphatic rings. The fraction of sp³-hybridized carbons (Fsp3) is 0.400. The maximum Gasteiger partial charge on any atom is 0.573 e. The van der Waals surface area contributed by atoms with Crippen molar-refractivity contribution in [3.8, 4) is 5.75 Å². The fourth-order valence-corrected chi connectivity index (χ4v) is 1.09. The normalized spacial score (nSPS) is 11.2. The van der Waals surface area contributed by atoms with Crippen molar-refractivity contribution in [1.82, 2.24) is 0 Å². The van der Waals surface area contributed by atoms with Gasteiger partial charge in [0.15, 0.2) is 5.75 Å². The molecule has 15 heavy (non-hydrogen) atoms. The molecule has 2 nitrogen and oxygen atoms in total. The third-order valence-electron chi connectivity index (χ3n) is 1.68. The van der Waals surface area contributed by atoms with E-state index in [0.29, 0.717) is 12.2 Å². The number of para-hydroxylation sites is 2. The standard InChI is InChI=1S/C10H12F3NO/c1-2-7-14-8-5-3-4-6-9(8)15-10(11,12)13/h3-6,14H,2,7H2,1H3. The molecule has 1 aromatic rings. The third-order valence-corrected chi connectivity index (χ3v) is 1.68. The molecule has 1 N–H and O–H groups in total. The molecule has 0 amide bonds. The van der Waals surface area contributed by atoms with Crippen molar-refractivity contribution in [1.29, 1.82) is 0 Å². The molecule has 0 aliphatic carbocycles. The quantitative estimate of drug-likeness (QED) is 0.837. The molecule has 1 rings (SSSR count). The van der Waals surface area contributed by atoms with Crippen molar-refractivity contribution in [2.75, 3.05) is 11.9 Å². The van der Waals surface area contributed by atoms with Crippen molar-refractivity contribution in [3.05, 3.63) is 24.3 Å². The predicted octanol–water partition coefficient (Wildman–Crippen LogP) is 3.41. The molecule has 0 saturated carbocycles. The molecule has 0 bridgehead atoms. The van der Waals surface area contributed by atoms with Crippen LogP contribution in [0.4, 0.5) is 18.9 Å². The molecule has 0 unspecified atom stereocenters. The van der Waals surface area contributed by atoms with Crippen LogP contribution in [0.15, 0.2) is 24.3 Å². The molecular weight excluding hydrogens is 207 g/mol. The first kappa shape index (κ1) is 11.7. The third kappa shape index (κ3) is 4.10. The number of rotatable bonds is 4. The van der Waals surface area contributed by atoms with Gasteiger partial charge in [0.05, 0.1) is 5.69 Å². The number of hydrogen-bond acceptors (Lipinski definition) is 2. The van der Waals surface area contributed by atoms with Gasteiger partial charge in [-0.05, 0) is 18.6 Å². The molecule has 0 atom stereocenters. The summed E-state index contributed by atoms with van der Waals surface area (Å²) in [6.45, 7) is 2.54. The van der Waals surface area contributed by atoms with E-state index in [2.05, 4.69) is 10.1 Å². The molecular formula is C10H12F3NO. The highest BCUT2D eigenvalue weighted by Crippen LogP contribution is 2.29. The largest absolute Gasteiger partial charge is 0.573 e. The number of anilines is 1. The summed E-state index contributed by atoms with van der Waals surface area (Å²) in [5, 5.41) is 2.86. The highest BCUT2D eigenvalue weighted by Gasteiger charge is 2.31. The predicted molar refractivity (Wildman–Crippen MR) is 51.9 cm³/mol. The first-order valence-corrected chi connectivity index (χ1v) is 4.61. The summed E-state index contributed by atoms with van der Waals surface area (Å²) in [6.07, 6.45) is -3.82. The first-order chi connectivity index (χ1) is 7.03. The summed E-state index contributed by atoms with van der Waals surface area (Å²) < 4.78 is 39.8. The maximum atomic E-state index is 12.0. The number of nitrogens with one attached hydrogen (secondary N) is 1. The zero-order chi connectivity index (χ0) is 11.3. The first-order valence-electron chi connectivity index (χ1n) is 4.61. The summed E-state index contributed by atoms with van der Waals surface area (Å²) in [5.41, 5.74) is 0.358. The number of ether oxygens (including phenoxy) is 1. The summed E-state index contributed by atoms with van der Waals surface area (Å²) in [5.74, 6) is -0.196. The monoisotopic (exact) mass is 219 g/mol. The lowest BCUT2D eigenvalue weighted by molar-refractivity contribution is -0.274. The Morgan fingerprint density at radius 1 is 1.27 bits per heavy atom. The molecule has 0 aromatic heterocycles. The molecule has 84 valence electrons. The Hall–Kier alpha value is -1.39. The van der Waals surface area contributed by atoms with Gasteiger partial charge >= 0.3 is 6.36 Å². The van der Waals surface area contributed by atoms with Crippen LogP contribution in [-0.2, 0) is 0 Å². The minimum absolute atomic E-state index is 0.196. The number of benzene rings is 1. The Balaban J connectivity index is 2.77. The number of hydrogen-bond donors (Lipinski definition) is 1. The van der Waals surface area contributed by atoms with Gasteiger partial charge in [0.25, 0.3) is 0 Å². The zero-order valence-electron chi connectivity index (χ0n) is 8.27. The van der Waals surface area contributed by atoms with Crippen molar-refractivity contribution < 1.29 is 17.9 Å². The van der Waals surface area contributed by atoms with Gasteiger partial charge in [-0.1, -0.05) is 19.1 Å². The van der Waals surface area contributed by atoms with E-state index in [0.717, 1.165) is 6.42 Å². The maximum absolute atomic E-state index is 12.0. The van der Waals surface area contributed by atoms with E-state index in [-0.39, 0.29) is 5.75 Å². The Bertz CT molecular complexity index is 312. The lowest BCUT2D eigenvalue weighted by atomic mass is 10.3. The molecule has 1 aromatic carbocycles. The van der Waals surface area contributed by atoms with E-state index >= 15 is 0 Å². The molecule has 0 aliphatic heterocycles. The van der Waals surface area contributed by atoms with Gasteiger partial charge in [-0.25, -0.2) is 0 Å².